The summed E-state index contributed by atoms with van der Waals surface area (Å²) in [5, 5.41) is 0. The van der Waals surface area contributed by atoms with Crippen molar-refractivity contribution in [2.24, 2.45) is 0 Å². The second-order valence-electron chi connectivity index (χ2n) is 2.40. The van der Waals surface area contributed by atoms with Crippen molar-refractivity contribution >= 4 is 5.57 Å². The number of pyridine rings is 1. The third kappa shape index (κ3) is 4.45. The molecule has 0 N–H and O–H groups in total. The number of hydrogen-bond donors (Lipinski definition) is 0. The van der Waals surface area contributed by atoms with E-state index in [0.717, 1.165) is 11.3 Å². The van der Waals surface area contributed by atoms with Gasteiger partial charge in [0.25, 0.3) is 0 Å². The van der Waals surface area contributed by atoms with Gasteiger partial charge in [0.1, 0.15) is 0 Å². The molecule has 0 bridgehead atoms. The predicted molar refractivity (Wildman–Crippen MR) is 54.8 cm³/mol. The number of rotatable bonds is 1. The first-order valence-electron chi connectivity index (χ1n) is 3.86. The predicted octanol–water partition coefficient (Wildman–Crippen LogP) is 3.31. The lowest BCUT2D eigenvalue weighted by molar-refractivity contribution is 1.27. The van der Waals surface area contributed by atoms with Gasteiger partial charge >= 0.3 is 0 Å². The number of nitrogens with zero attached hydrogens (tertiary/aromatic N) is 1. The molecule has 0 aliphatic rings. The minimum absolute atomic E-state index is 0.970. The average molecular weight is 161 g/mol. The number of allylic oxidation sites excluding steroid dienone is 2. The molecule has 64 valence electrons. The van der Waals surface area contributed by atoms with E-state index >= 15 is 0 Å². The van der Waals surface area contributed by atoms with Gasteiger partial charge in [0, 0.05) is 6.20 Å². The minimum atomic E-state index is 0.970. The van der Waals surface area contributed by atoms with Gasteiger partial charge in [0.05, 0.1) is 5.69 Å². The highest BCUT2D eigenvalue weighted by molar-refractivity contribution is 5.56. The van der Waals surface area contributed by atoms with Gasteiger partial charge in [-0.1, -0.05) is 18.7 Å². The van der Waals surface area contributed by atoms with Crippen molar-refractivity contribution < 1.29 is 0 Å². The third-order valence-electron chi connectivity index (χ3n) is 1.10. The van der Waals surface area contributed by atoms with Crippen LogP contribution in [0.25, 0.3) is 5.57 Å². The van der Waals surface area contributed by atoms with Crippen LogP contribution in [0.4, 0.5) is 0 Å². The molecule has 0 radical (unpaired) electrons. The van der Waals surface area contributed by atoms with Gasteiger partial charge in [-0.3, -0.25) is 4.98 Å². The first kappa shape index (κ1) is 10.6. The van der Waals surface area contributed by atoms with E-state index in [4.69, 9.17) is 0 Å². The highest BCUT2D eigenvalue weighted by Gasteiger charge is 1.88. The van der Waals surface area contributed by atoms with E-state index in [9.17, 15) is 0 Å². The summed E-state index contributed by atoms with van der Waals surface area (Å²) in [6.07, 6.45) is 3.52. The van der Waals surface area contributed by atoms with Gasteiger partial charge in [-0.05, 0) is 31.6 Å². The van der Waals surface area contributed by atoms with Gasteiger partial charge in [-0.25, -0.2) is 0 Å². The highest BCUT2D eigenvalue weighted by Crippen LogP contribution is 2.04. The van der Waals surface area contributed by atoms with E-state index in [1.54, 1.807) is 12.3 Å². The van der Waals surface area contributed by atoms with Gasteiger partial charge in [-0.2, -0.15) is 0 Å². The molecule has 1 heteroatoms. The zero-order chi connectivity index (χ0) is 9.40. The molecule has 1 nitrogen and oxygen atoms in total. The van der Waals surface area contributed by atoms with Crippen LogP contribution in [0, 0.1) is 0 Å². The lowest BCUT2D eigenvalue weighted by Gasteiger charge is -1.93. The Kier molecular flexibility index (Phi) is 5.62. The van der Waals surface area contributed by atoms with Gasteiger partial charge in [-0.15, -0.1) is 6.58 Å². The van der Waals surface area contributed by atoms with E-state index in [2.05, 4.69) is 18.1 Å². The molecule has 12 heavy (non-hydrogen) atoms. The second-order valence-corrected chi connectivity index (χ2v) is 2.40. The summed E-state index contributed by atoms with van der Waals surface area (Å²) in [5.74, 6) is 0. The quantitative estimate of drug-likeness (QED) is 0.576. The molecule has 0 fully saturated rings. The van der Waals surface area contributed by atoms with Crippen molar-refractivity contribution in [3.8, 4) is 0 Å². The first-order valence-corrected chi connectivity index (χ1v) is 3.86. The second kappa shape index (κ2) is 6.35. The van der Waals surface area contributed by atoms with Crippen LogP contribution in [0.5, 0.6) is 0 Å². The molecule has 0 saturated heterocycles. The summed E-state index contributed by atoms with van der Waals surface area (Å²) in [4.78, 5) is 4.08. The van der Waals surface area contributed by atoms with Gasteiger partial charge < -0.3 is 0 Å². The first-order chi connectivity index (χ1) is 5.72. The standard InChI is InChI=1S/C8H9N.C3H6/c1-7(2)8-5-3-4-6-9-8;1-3-2/h3-6H,1H2,2H3;3H,1H2,2H3. The number of aromatic nitrogens is 1. The molecule has 0 atom stereocenters. The lowest BCUT2D eigenvalue weighted by Crippen LogP contribution is -1.80. The summed E-state index contributed by atoms with van der Waals surface area (Å²) in [5.41, 5.74) is 1.98. The molecule has 0 unspecified atom stereocenters. The molecule has 1 aromatic heterocycles. The zero-order valence-electron chi connectivity index (χ0n) is 7.75. The molecular formula is C11H15N. The van der Waals surface area contributed by atoms with Crippen LogP contribution < -0.4 is 0 Å². The number of hydrogen-bond acceptors (Lipinski definition) is 1. The molecule has 0 amide bonds. The summed E-state index contributed by atoms with van der Waals surface area (Å²) in [7, 11) is 0. The Balaban J connectivity index is 0.000000354. The van der Waals surface area contributed by atoms with Crippen LogP contribution >= 0.6 is 0 Å². The Hall–Kier alpha value is -1.37. The molecule has 0 aliphatic carbocycles. The fraction of sp³-hybridized carbons (Fsp3) is 0.182. The van der Waals surface area contributed by atoms with E-state index in [0.29, 0.717) is 0 Å². The Bertz CT molecular complexity index is 236. The van der Waals surface area contributed by atoms with Crippen molar-refractivity contribution in [2.45, 2.75) is 13.8 Å². The maximum absolute atomic E-state index is 4.08. The molecule has 1 rings (SSSR count). The topological polar surface area (TPSA) is 12.9 Å². The van der Waals surface area contributed by atoms with E-state index in [1.807, 2.05) is 32.0 Å². The highest BCUT2D eigenvalue weighted by atomic mass is 14.7. The summed E-state index contributed by atoms with van der Waals surface area (Å²) in [6, 6.07) is 5.80. The monoisotopic (exact) mass is 161 g/mol. The lowest BCUT2D eigenvalue weighted by atomic mass is 10.2. The fourth-order valence-electron chi connectivity index (χ4n) is 0.615. The van der Waals surface area contributed by atoms with Crippen LogP contribution in [-0.4, -0.2) is 4.98 Å². The van der Waals surface area contributed by atoms with Crippen LogP contribution in [0.2, 0.25) is 0 Å². The average Bonchev–Trinajstić information content (AvgIpc) is 2.07. The van der Waals surface area contributed by atoms with Crippen LogP contribution in [-0.2, 0) is 0 Å². The zero-order valence-corrected chi connectivity index (χ0v) is 7.75. The molecular weight excluding hydrogens is 146 g/mol. The summed E-state index contributed by atoms with van der Waals surface area (Å²) < 4.78 is 0. The Morgan fingerprint density at radius 3 is 2.33 bits per heavy atom. The molecule has 1 aromatic rings. The molecule has 0 saturated carbocycles. The summed E-state index contributed by atoms with van der Waals surface area (Å²) >= 11 is 0. The Morgan fingerprint density at radius 1 is 1.50 bits per heavy atom. The van der Waals surface area contributed by atoms with E-state index in [1.165, 1.54) is 0 Å². The maximum Gasteiger partial charge on any atom is 0.0652 e. The smallest absolute Gasteiger partial charge is 0.0652 e. The van der Waals surface area contributed by atoms with E-state index in [-0.39, 0.29) is 0 Å². The van der Waals surface area contributed by atoms with Gasteiger partial charge in [0.15, 0.2) is 0 Å². The largest absolute Gasteiger partial charge is 0.257 e. The van der Waals surface area contributed by atoms with Crippen molar-refractivity contribution in [1.29, 1.82) is 0 Å². The van der Waals surface area contributed by atoms with Crippen molar-refractivity contribution in [3.63, 3.8) is 0 Å². The molecule has 1 heterocycles. The third-order valence-corrected chi connectivity index (χ3v) is 1.10. The van der Waals surface area contributed by atoms with E-state index < -0.39 is 0 Å². The Morgan fingerprint density at radius 2 is 2.08 bits per heavy atom. The van der Waals surface area contributed by atoms with Crippen molar-refractivity contribution in [2.75, 3.05) is 0 Å². The SMILES string of the molecule is C=C(C)c1ccccn1.C=CC. The normalized spacial score (nSPS) is 7.83. The van der Waals surface area contributed by atoms with Gasteiger partial charge in [0.2, 0.25) is 0 Å². The fourth-order valence-corrected chi connectivity index (χ4v) is 0.615. The maximum atomic E-state index is 4.08. The van der Waals surface area contributed by atoms with Crippen LogP contribution in [0.1, 0.15) is 19.5 Å². The molecule has 0 aromatic carbocycles. The van der Waals surface area contributed by atoms with Crippen LogP contribution in [0.3, 0.4) is 0 Å². The molecule has 0 aliphatic heterocycles. The molecule has 0 spiro atoms. The Labute approximate surface area is 74.5 Å². The van der Waals surface area contributed by atoms with Crippen LogP contribution in [0.15, 0.2) is 43.6 Å². The summed E-state index contributed by atoms with van der Waals surface area (Å²) in [6.45, 7) is 11.0. The minimum Gasteiger partial charge on any atom is -0.257 e. The van der Waals surface area contributed by atoms with Crippen molar-refractivity contribution in [1.82, 2.24) is 4.98 Å². The van der Waals surface area contributed by atoms with Crippen molar-refractivity contribution in [3.05, 3.63) is 49.3 Å².